The van der Waals surface area contributed by atoms with Crippen LogP contribution in [0.5, 0.6) is 0 Å². The summed E-state index contributed by atoms with van der Waals surface area (Å²) in [6, 6.07) is 12.5. The molecule has 4 N–H and O–H groups in total. The van der Waals surface area contributed by atoms with Gasteiger partial charge in [0.15, 0.2) is 0 Å². The fraction of sp³-hybridized carbons (Fsp3) is 0.250. The number of carboxylic acids is 1. The fourth-order valence-corrected chi connectivity index (χ4v) is 4.00. The van der Waals surface area contributed by atoms with Crippen LogP contribution in [0.1, 0.15) is 39.3 Å². The molecular weight excluding hydrogens is 438 g/mol. The Morgan fingerprint density at radius 3 is 2.71 bits per heavy atom. The normalized spacial score (nSPS) is 15.0. The number of hydrogen-bond acceptors (Lipinski definition) is 5. The van der Waals surface area contributed by atoms with Crippen LogP contribution in [-0.2, 0) is 11.8 Å². The number of para-hydroxylation sites is 1. The van der Waals surface area contributed by atoms with Crippen molar-refractivity contribution in [3.05, 3.63) is 59.3 Å². The van der Waals surface area contributed by atoms with E-state index in [1.165, 1.54) is 18.2 Å². The molecule has 3 amide bonds. The number of aromatic carboxylic acids is 1. The van der Waals surface area contributed by atoms with Gasteiger partial charge < -0.3 is 30.4 Å². The lowest BCUT2D eigenvalue weighted by atomic mass is 10.1. The van der Waals surface area contributed by atoms with Crippen LogP contribution < -0.4 is 16.0 Å². The standard InChI is InChI=1S/C24H23N5O5/c1-29-20(22(30)27-18-8-7-14(12-25)10-17(18)23(31)32)11-15-4-2-6-19(21(15)29)28-24(33)26-13-16-5-3-9-34-16/h2,4,6-8,10-11,16H,3,5,9,13H2,1H3,(H,27,30)(H,31,32)(H2,26,28,33). The van der Waals surface area contributed by atoms with E-state index < -0.39 is 11.9 Å². The predicted molar refractivity (Wildman–Crippen MR) is 125 cm³/mol. The number of carbonyl (C=O) groups excluding carboxylic acids is 2. The first-order chi connectivity index (χ1) is 16.4. The number of hydrogen-bond donors (Lipinski definition) is 4. The molecule has 10 heteroatoms. The number of carboxylic acid groups (broad SMARTS) is 1. The number of rotatable bonds is 6. The smallest absolute Gasteiger partial charge is 0.337 e. The number of aromatic nitrogens is 1. The Bertz CT molecular complexity index is 1320. The summed E-state index contributed by atoms with van der Waals surface area (Å²) >= 11 is 0. The third kappa shape index (κ3) is 4.69. The third-order valence-electron chi connectivity index (χ3n) is 5.68. The molecule has 1 aliphatic rings. The highest BCUT2D eigenvalue weighted by Gasteiger charge is 2.20. The summed E-state index contributed by atoms with van der Waals surface area (Å²) in [7, 11) is 1.68. The summed E-state index contributed by atoms with van der Waals surface area (Å²) in [6.07, 6.45) is 1.91. The van der Waals surface area contributed by atoms with Crippen LogP contribution in [0.15, 0.2) is 42.5 Å². The number of aryl methyl sites for hydroxylation is 1. The van der Waals surface area contributed by atoms with Gasteiger partial charge in [-0.05, 0) is 43.2 Å². The fourth-order valence-electron chi connectivity index (χ4n) is 4.00. The van der Waals surface area contributed by atoms with Crippen LogP contribution in [0, 0.1) is 11.3 Å². The van der Waals surface area contributed by atoms with E-state index in [0.29, 0.717) is 24.4 Å². The maximum atomic E-state index is 13.0. The van der Waals surface area contributed by atoms with Crippen molar-refractivity contribution in [1.29, 1.82) is 5.26 Å². The van der Waals surface area contributed by atoms with Gasteiger partial charge in [-0.3, -0.25) is 4.79 Å². The Kier molecular flexibility index (Phi) is 6.47. The number of benzene rings is 2. The van der Waals surface area contributed by atoms with Crippen molar-refractivity contribution >= 4 is 40.2 Å². The number of anilines is 2. The number of carbonyl (C=O) groups is 3. The van der Waals surface area contributed by atoms with Gasteiger partial charge in [-0.1, -0.05) is 12.1 Å². The Hall–Kier alpha value is -4.36. The van der Waals surface area contributed by atoms with E-state index in [0.717, 1.165) is 18.2 Å². The van der Waals surface area contributed by atoms with Crippen LogP contribution in [-0.4, -0.2) is 46.8 Å². The molecule has 0 saturated carbocycles. The van der Waals surface area contributed by atoms with Gasteiger partial charge in [0.05, 0.1) is 40.2 Å². The van der Waals surface area contributed by atoms with Crippen LogP contribution in [0.4, 0.5) is 16.2 Å². The molecule has 3 aromatic rings. The van der Waals surface area contributed by atoms with Crippen molar-refractivity contribution in [2.45, 2.75) is 18.9 Å². The highest BCUT2D eigenvalue weighted by atomic mass is 16.5. The Morgan fingerprint density at radius 2 is 2.00 bits per heavy atom. The second-order valence-corrected chi connectivity index (χ2v) is 7.93. The SMILES string of the molecule is Cn1c(C(=O)Nc2ccc(C#N)cc2C(=O)O)cc2cccc(NC(=O)NCC3CCCO3)c21. The maximum Gasteiger partial charge on any atom is 0.337 e. The second-order valence-electron chi connectivity index (χ2n) is 7.93. The zero-order chi connectivity index (χ0) is 24.2. The summed E-state index contributed by atoms with van der Waals surface area (Å²) in [6.45, 7) is 1.12. The van der Waals surface area contributed by atoms with Crippen molar-refractivity contribution in [3.8, 4) is 6.07 Å². The summed E-state index contributed by atoms with van der Waals surface area (Å²) in [5.74, 6) is -1.79. The van der Waals surface area contributed by atoms with Crippen molar-refractivity contribution in [3.63, 3.8) is 0 Å². The molecule has 0 spiro atoms. The molecule has 4 rings (SSSR count). The molecule has 1 unspecified atom stereocenters. The molecule has 174 valence electrons. The van der Waals surface area contributed by atoms with E-state index in [4.69, 9.17) is 10.00 Å². The predicted octanol–water partition coefficient (Wildman–Crippen LogP) is 3.30. The Morgan fingerprint density at radius 1 is 1.18 bits per heavy atom. The van der Waals surface area contributed by atoms with E-state index in [9.17, 15) is 19.5 Å². The minimum absolute atomic E-state index is 0.0183. The number of fused-ring (bicyclic) bond motifs is 1. The van der Waals surface area contributed by atoms with Crippen molar-refractivity contribution in [2.75, 3.05) is 23.8 Å². The van der Waals surface area contributed by atoms with E-state index in [2.05, 4.69) is 16.0 Å². The van der Waals surface area contributed by atoms with Crippen LogP contribution in [0.2, 0.25) is 0 Å². The summed E-state index contributed by atoms with van der Waals surface area (Å²) < 4.78 is 7.14. The van der Waals surface area contributed by atoms with Gasteiger partial charge in [0.25, 0.3) is 5.91 Å². The van der Waals surface area contributed by atoms with Crippen LogP contribution >= 0.6 is 0 Å². The molecular formula is C24H23N5O5. The number of nitrogens with zero attached hydrogens (tertiary/aromatic N) is 2. The highest BCUT2D eigenvalue weighted by Crippen LogP contribution is 2.27. The molecule has 1 aromatic heterocycles. The van der Waals surface area contributed by atoms with Gasteiger partial charge in [0.2, 0.25) is 0 Å². The lowest BCUT2D eigenvalue weighted by molar-refractivity contribution is 0.0698. The first-order valence-corrected chi connectivity index (χ1v) is 10.7. The molecule has 1 atom stereocenters. The van der Waals surface area contributed by atoms with Gasteiger partial charge in [0, 0.05) is 25.6 Å². The number of nitrogens with one attached hydrogen (secondary N) is 3. The number of amides is 3. The first-order valence-electron chi connectivity index (χ1n) is 10.7. The largest absolute Gasteiger partial charge is 0.478 e. The lowest BCUT2D eigenvalue weighted by Gasteiger charge is -2.13. The van der Waals surface area contributed by atoms with E-state index >= 15 is 0 Å². The average Bonchev–Trinajstić information content (AvgIpc) is 3.46. The summed E-state index contributed by atoms with van der Waals surface area (Å²) in [5.41, 5.74) is 1.50. The first kappa shape index (κ1) is 22.8. The molecule has 1 aliphatic heterocycles. The molecule has 0 aliphatic carbocycles. The van der Waals surface area contributed by atoms with E-state index in [1.54, 1.807) is 29.8 Å². The minimum Gasteiger partial charge on any atom is -0.478 e. The lowest BCUT2D eigenvalue weighted by Crippen LogP contribution is -2.35. The highest BCUT2D eigenvalue weighted by molar-refractivity contribution is 6.11. The summed E-state index contributed by atoms with van der Waals surface area (Å²) in [4.78, 5) is 37.0. The molecule has 0 bridgehead atoms. The van der Waals surface area contributed by atoms with Gasteiger partial charge in [0.1, 0.15) is 5.69 Å². The molecule has 1 fully saturated rings. The zero-order valence-electron chi connectivity index (χ0n) is 18.4. The third-order valence-corrected chi connectivity index (χ3v) is 5.68. The van der Waals surface area contributed by atoms with Crippen molar-refractivity contribution in [2.24, 2.45) is 7.05 Å². The van der Waals surface area contributed by atoms with Crippen molar-refractivity contribution < 1.29 is 24.2 Å². The number of urea groups is 1. The second kappa shape index (κ2) is 9.64. The molecule has 10 nitrogen and oxygen atoms in total. The number of ether oxygens (including phenoxy) is 1. The summed E-state index contributed by atoms with van der Waals surface area (Å²) in [5, 5.41) is 27.4. The minimum atomic E-state index is -1.26. The van der Waals surface area contributed by atoms with E-state index in [-0.39, 0.29) is 34.6 Å². The molecule has 2 heterocycles. The quantitative estimate of drug-likeness (QED) is 0.443. The molecule has 2 aromatic carbocycles. The van der Waals surface area contributed by atoms with E-state index in [1.807, 2.05) is 12.1 Å². The average molecular weight is 461 g/mol. The Labute approximate surface area is 195 Å². The van der Waals surface area contributed by atoms with Gasteiger partial charge in [-0.2, -0.15) is 5.26 Å². The maximum absolute atomic E-state index is 13.0. The zero-order valence-corrected chi connectivity index (χ0v) is 18.4. The molecule has 0 radical (unpaired) electrons. The Balaban J connectivity index is 1.56. The van der Waals surface area contributed by atoms with Gasteiger partial charge >= 0.3 is 12.0 Å². The van der Waals surface area contributed by atoms with Crippen LogP contribution in [0.25, 0.3) is 10.9 Å². The van der Waals surface area contributed by atoms with Gasteiger partial charge in [-0.25, -0.2) is 9.59 Å². The molecule has 1 saturated heterocycles. The molecule has 34 heavy (non-hydrogen) atoms. The van der Waals surface area contributed by atoms with Crippen molar-refractivity contribution in [1.82, 2.24) is 9.88 Å². The number of nitriles is 1. The topological polar surface area (TPSA) is 145 Å². The monoisotopic (exact) mass is 461 g/mol. The van der Waals surface area contributed by atoms with Gasteiger partial charge in [-0.15, -0.1) is 0 Å². The van der Waals surface area contributed by atoms with Crippen LogP contribution in [0.3, 0.4) is 0 Å².